The largest absolute Gasteiger partial charge is 0.347 e. The molecule has 0 spiro atoms. The molecule has 284 valence electrons. The Morgan fingerprint density at radius 2 is 1.44 bits per heavy atom. The molecule has 4 rings (SSSR count). The Hall–Kier alpha value is -2.74. The summed E-state index contributed by atoms with van der Waals surface area (Å²) in [4.78, 5) is 69.8. The lowest BCUT2D eigenvalue weighted by atomic mass is 9.83. The minimum absolute atomic E-state index is 0.0130. The first-order valence-corrected chi connectivity index (χ1v) is 20.8. The van der Waals surface area contributed by atoms with Gasteiger partial charge in [-0.3, -0.25) is 19.2 Å². The van der Waals surface area contributed by atoms with Crippen LogP contribution in [0.2, 0.25) is 0 Å². The van der Waals surface area contributed by atoms with Crippen LogP contribution in [0.4, 0.5) is 4.79 Å². The number of carbonyl (C=O) groups is 5. The van der Waals surface area contributed by atoms with E-state index in [0.29, 0.717) is 51.5 Å². The maximum atomic E-state index is 14.4. The normalized spacial score (nSPS) is 27.6. The van der Waals surface area contributed by atoms with Crippen molar-refractivity contribution in [3.8, 4) is 0 Å². The molecule has 2 saturated carbocycles. The molecule has 4 aliphatic rings. The van der Waals surface area contributed by atoms with Crippen LogP contribution in [0.15, 0.2) is 0 Å². The monoisotopic (exact) mass is 722 g/mol. The van der Waals surface area contributed by atoms with Crippen LogP contribution in [0.25, 0.3) is 0 Å². The lowest BCUT2D eigenvalue weighted by Crippen LogP contribution is -2.61. The van der Waals surface area contributed by atoms with Gasteiger partial charge in [0.15, 0.2) is 0 Å². The van der Waals surface area contributed by atoms with Crippen molar-refractivity contribution in [2.45, 2.75) is 159 Å². The molecule has 50 heavy (non-hydrogen) atoms. The fourth-order valence-corrected chi connectivity index (χ4v) is 9.00. The number of hydrogen-bond acceptors (Lipinski definition) is 7. The zero-order valence-electron chi connectivity index (χ0n) is 30.8. The number of ketones is 1. The third-order valence-electron chi connectivity index (χ3n) is 11.2. The molecule has 4 N–H and O–H groups in total. The molecule has 0 radical (unpaired) electrons. The summed E-state index contributed by atoms with van der Waals surface area (Å²) in [6.07, 6.45) is 13.7. The second-order valence-corrected chi connectivity index (χ2v) is 18.0. The van der Waals surface area contributed by atoms with Crippen molar-refractivity contribution in [3.63, 3.8) is 0 Å². The van der Waals surface area contributed by atoms with Gasteiger partial charge in [-0.1, -0.05) is 84.5 Å². The first-order valence-electron chi connectivity index (χ1n) is 19.2. The van der Waals surface area contributed by atoms with Crippen molar-refractivity contribution < 1.29 is 32.4 Å². The highest BCUT2D eigenvalue weighted by Crippen LogP contribution is 2.32. The van der Waals surface area contributed by atoms with Gasteiger partial charge in [0.05, 0.1) is 17.3 Å². The van der Waals surface area contributed by atoms with Crippen LogP contribution in [-0.2, 0) is 29.2 Å². The Bertz CT molecular complexity index is 1310. The third kappa shape index (κ3) is 11.4. The number of urea groups is 1. The number of sulfonamides is 1. The van der Waals surface area contributed by atoms with Gasteiger partial charge in [-0.15, -0.1) is 0 Å². The molecule has 0 unspecified atom stereocenters. The predicted molar refractivity (Wildman–Crippen MR) is 191 cm³/mol. The number of rotatable bonds is 9. The minimum Gasteiger partial charge on any atom is -0.347 e. The topological polar surface area (TPSA) is 174 Å². The molecule has 13 nitrogen and oxygen atoms in total. The molecule has 0 aromatic heterocycles. The van der Waals surface area contributed by atoms with E-state index in [-0.39, 0.29) is 29.5 Å². The number of nitrogens with zero attached hydrogens (tertiary/aromatic N) is 2. The molecule has 0 aromatic carbocycles. The van der Waals surface area contributed by atoms with Crippen molar-refractivity contribution in [2.75, 3.05) is 26.4 Å². The molecule has 0 aromatic rings. The van der Waals surface area contributed by atoms with E-state index < -0.39 is 57.3 Å². The highest BCUT2D eigenvalue weighted by Gasteiger charge is 2.45. The molecule has 2 aliphatic carbocycles. The molecule has 14 heteroatoms. The predicted octanol–water partition coefficient (Wildman–Crippen LogP) is 3.37. The molecular formula is C36H62N6O7S. The van der Waals surface area contributed by atoms with Crippen molar-refractivity contribution >= 4 is 39.6 Å². The van der Waals surface area contributed by atoms with Gasteiger partial charge in [-0.25, -0.2) is 17.5 Å². The van der Waals surface area contributed by atoms with Crippen LogP contribution in [0.5, 0.6) is 0 Å². The highest BCUT2D eigenvalue weighted by molar-refractivity contribution is 7.89. The maximum absolute atomic E-state index is 14.4. The number of nitrogens with one attached hydrogen (secondary N) is 4. The first kappa shape index (κ1) is 40.0. The van der Waals surface area contributed by atoms with E-state index in [0.717, 1.165) is 70.6 Å². The summed E-state index contributed by atoms with van der Waals surface area (Å²) in [6.45, 7) is 4.44. The number of carbonyl (C=O) groups excluding carboxylic acids is 5. The first-order chi connectivity index (χ1) is 23.7. The molecule has 2 heterocycles. The van der Waals surface area contributed by atoms with Gasteiger partial charge in [0, 0.05) is 26.7 Å². The Labute approximate surface area is 299 Å². The number of fused-ring (bicyclic) bond motifs is 1. The number of Topliss-reactive ketones (excluding diaryl/α,β-unsaturated/α-hetero) is 1. The minimum atomic E-state index is -3.62. The van der Waals surface area contributed by atoms with Crippen molar-refractivity contribution in [2.24, 2.45) is 11.8 Å². The SMILES string of the molecule is CC(C)[C@@H]1C[C@H]2C(=O)N[C@H](C(=O)C(=O)NC3CC3)CCCCCCCCCC[C@H](NC(=O)NC3(CS(=O)(=O)N(C)C)CCCCC3)C(=O)N2C1. The van der Waals surface area contributed by atoms with Gasteiger partial charge in [-0.05, 0) is 56.8 Å². The second kappa shape index (κ2) is 18.1. The Morgan fingerprint density at radius 3 is 2.02 bits per heavy atom. The quantitative estimate of drug-likeness (QED) is 0.264. The fourth-order valence-electron chi connectivity index (χ4n) is 7.69. The van der Waals surface area contributed by atoms with Crippen molar-refractivity contribution in [3.05, 3.63) is 0 Å². The number of amides is 5. The average Bonchev–Trinajstić information content (AvgIpc) is 3.75. The van der Waals surface area contributed by atoms with Gasteiger partial charge in [0.2, 0.25) is 27.6 Å². The molecule has 2 saturated heterocycles. The second-order valence-electron chi connectivity index (χ2n) is 15.9. The summed E-state index contributed by atoms with van der Waals surface area (Å²) < 4.78 is 27.1. The lowest BCUT2D eigenvalue weighted by Gasteiger charge is -2.39. The third-order valence-corrected chi connectivity index (χ3v) is 13.2. The number of hydrogen-bond donors (Lipinski definition) is 4. The summed E-state index contributed by atoms with van der Waals surface area (Å²) in [6, 6.07) is -3.32. The van der Waals surface area contributed by atoms with Crippen LogP contribution >= 0.6 is 0 Å². The van der Waals surface area contributed by atoms with E-state index in [1.165, 1.54) is 18.4 Å². The van der Waals surface area contributed by atoms with Gasteiger partial charge in [0.25, 0.3) is 5.91 Å². The Morgan fingerprint density at radius 1 is 0.860 bits per heavy atom. The van der Waals surface area contributed by atoms with Crippen LogP contribution in [0.1, 0.15) is 129 Å². The van der Waals surface area contributed by atoms with Crippen molar-refractivity contribution in [1.82, 2.24) is 30.5 Å². The van der Waals surface area contributed by atoms with Gasteiger partial charge < -0.3 is 26.2 Å². The maximum Gasteiger partial charge on any atom is 0.315 e. The molecule has 4 atom stereocenters. The zero-order valence-corrected chi connectivity index (χ0v) is 31.6. The summed E-state index contributed by atoms with van der Waals surface area (Å²) in [5, 5.41) is 11.6. The summed E-state index contributed by atoms with van der Waals surface area (Å²) in [5.74, 6) is -2.15. The zero-order chi connectivity index (χ0) is 36.5. The van der Waals surface area contributed by atoms with Crippen LogP contribution in [0, 0.1) is 11.8 Å². The van der Waals surface area contributed by atoms with E-state index in [9.17, 15) is 32.4 Å². The fraction of sp³-hybridized carbons (Fsp3) is 0.861. The molecular weight excluding hydrogens is 660 g/mol. The standard InChI is InChI=1S/C36H62N6O7S/c1-25(2)26-22-30-32(44)38-28(31(43)33(45)37-27-18-19-27)16-12-9-7-5-6-8-10-13-17-29(34(46)42(30)23-26)39-35(47)40-36(20-14-11-15-21-36)24-50(48,49)41(3)4/h25-30H,5-24H2,1-4H3,(H,37,45)(H,38,44)(H2,39,40,47)/t26-,28+,29+,30+/m1/s1. The molecule has 4 fully saturated rings. The molecule has 2 aliphatic heterocycles. The van der Waals surface area contributed by atoms with E-state index >= 15 is 0 Å². The highest BCUT2D eigenvalue weighted by atomic mass is 32.2. The van der Waals surface area contributed by atoms with Gasteiger partial charge in [-0.2, -0.15) is 0 Å². The van der Waals surface area contributed by atoms with Gasteiger partial charge in [0.1, 0.15) is 12.1 Å². The van der Waals surface area contributed by atoms with Crippen LogP contribution < -0.4 is 21.3 Å². The summed E-state index contributed by atoms with van der Waals surface area (Å²) >= 11 is 0. The van der Waals surface area contributed by atoms with E-state index in [4.69, 9.17) is 0 Å². The Balaban J connectivity index is 1.56. The van der Waals surface area contributed by atoms with E-state index in [1.807, 2.05) is 0 Å². The van der Waals surface area contributed by atoms with E-state index in [2.05, 4.69) is 35.1 Å². The lowest BCUT2D eigenvalue weighted by molar-refractivity contribution is -0.143. The van der Waals surface area contributed by atoms with E-state index in [1.54, 1.807) is 4.90 Å². The summed E-state index contributed by atoms with van der Waals surface area (Å²) in [5.41, 5.74) is -0.947. The van der Waals surface area contributed by atoms with Crippen molar-refractivity contribution in [1.29, 1.82) is 0 Å². The van der Waals surface area contributed by atoms with Gasteiger partial charge >= 0.3 is 6.03 Å². The molecule has 0 bridgehead atoms. The van der Waals surface area contributed by atoms with Crippen LogP contribution in [-0.4, -0.2) is 103 Å². The Kier molecular flexibility index (Phi) is 14.5. The average molecular weight is 723 g/mol. The molecule has 5 amide bonds. The van der Waals surface area contributed by atoms with Crippen LogP contribution in [0.3, 0.4) is 0 Å². The summed E-state index contributed by atoms with van der Waals surface area (Å²) in [7, 11) is -0.646. The smallest absolute Gasteiger partial charge is 0.315 e.